The fourth-order valence-corrected chi connectivity index (χ4v) is 4.66. The van der Waals surface area contributed by atoms with Crippen LogP contribution in [0.2, 0.25) is 0 Å². The number of hydrogen-bond acceptors (Lipinski definition) is 3. The summed E-state index contributed by atoms with van der Waals surface area (Å²) in [5.74, 6) is 0.633. The first-order chi connectivity index (χ1) is 13.3. The van der Waals surface area contributed by atoms with Crippen LogP contribution in [0.5, 0.6) is 0 Å². The van der Waals surface area contributed by atoms with Gasteiger partial charge < -0.3 is 15.0 Å². The topological polar surface area (TPSA) is 41.6 Å². The van der Waals surface area contributed by atoms with Crippen LogP contribution in [0.1, 0.15) is 65.4 Å². The van der Waals surface area contributed by atoms with Gasteiger partial charge in [-0.1, -0.05) is 54.8 Å². The maximum atomic E-state index is 12.9. The molecule has 0 bridgehead atoms. The van der Waals surface area contributed by atoms with E-state index < -0.39 is 5.60 Å². The number of benzene rings is 1. The molecule has 0 aromatic heterocycles. The number of carbonyl (C=O) groups is 1. The van der Waals surface area contributed by atoms with Crippen molar-refractivity contribution in [1.82, 2.24) is 10.2 Å². The Labute approximate surface area is 170 Å². The van der Waals surface area contributed by atoms with Crippen molar-refractivity contribution in [3.63, 3.8) is 0 Å². The lowest BCUT2D eigenvalue weighted by Gasteiger charge is -2.35. The minimum atomic E-state index is -0.448. The van der Waals surface area contributed by atoms with Crippen molar-refractivity contribution in [3.05, 3.63) is 41.5 Å². The smallest absolute Gasteiger partial charge is 0.410 e. The lowest BCUT2D eigenvalue weighted by molar-refractivity contribution is 0.0105. The second-order valence-corrected chi connectivity index (χ2v) is 9.42. The zero-order valence-electron chi connectivity index (χ0n) is 17.9. The third-order valence-electron chi connectivity index (χ3n) is 5.80. The monoisotopic (exact) mass is 384 g/mol. The molecule has 1 aliphatic heterocycles. The van der Waals surface area contributed by atoms with Crippen molar-refractivity contribution < 1.29 is 9.53 Å². The van der Waals surface area contributed by atoms with E-state index in [0.717, 1.165) is 25.9 Å². The average molecular weight is 385 g/mol. The molecule has 2 aliphatic rings. The molecule has 1 amide bonds. The highest BCUT2D eigenvalue weighted by atomic mass is 16.6. The molecule has 1 N–H and O–H groups in total. The van der Waals surface area contributed by atoms with Crippen LogP contribution in [0.3, 0.4) is 0 Å². The third kappa shape index (κ3) is 5.60. The molecule has 0 spiro atoms. The maximum absolute atomic E-state index is 12.9. The van der Waals surface area contributed by atoms with Crippen LogP contribution in [-0.4, -0.2) is 41.8 Å². The van der Waals surface area contributed by atoms with Crippen LogP contribution in [0.4, 0.5) is 4.79 Å². The molecule has 154 valence electrons. The summed E-state index contributed by atoms with van der Waals surface area (Å²) in [6, 6.07) is 11.0. The molecular formula is C24H36N2O2. The van der Waals surface area contributed by atoms with Crippen LogP contribution in [-0.2, 0) is 4.74 Å². The quantitative estimate of drug-likeness (QED) is 0.754. The van der Waals surface area contributed by atoms with Crippen LogP contribution < -0.4 is 5.32 Å². The summed E-state index contributed by atoms with van der Waals surface area (Å²) in [5.41, 5.74) is 2.08. The largest absolute Gasteiger partial charge is 0.444 e. The summed E-state index contributed by atoms with van der Waals surface area (Å²) in [7, 11) is 0. The molecule has 1 aromatic rings. The second-order valence-electron chi connectivity index (χ2n) is 9.42. The molecule has 4 nitrogen and oxygen atoms in total. The van der Waals surface area contributed by atoms with Gasteiger partial charge in [0.1, 0.15) is 5.60 Å². The highest BCUT2D eigenvalue weighted by molar-refractivity contribution is 5.69. The molecule has 1 heterocycles. The van der Waals surface area contributed by atoms with Gasteiger partial charge in [0.25, 0.3) is 0 Å². The Kier molecular flexibility index (Phi) is 6.82. The van der Waals surface area contributed by atoms with Gasteiger partial charge in [-0.2, -0.15) is 0 Å². The SMILES string of the molecule is C/C(=C\c1ccccc1)CNC[C@@H]1C[C@@H]2CCCC[C@@H]2N1C(=O)OC(C)(C)C. The Morgan fingerprint density at radius 3 is 2.64 bits per heavy atom. The average Bonchev–Trinajstić information content (AvgIpc) is 2.99. The van der Waals surface area contributed by atoms with Crippen molar-refractivity contribution in [1.29, 1.82) is 0 Å². The van der Waals surface area contributed by atoms with Gasteiger partial charge in [-0.15, -0.1) is 0 Å². The molecule has 1 aliphatic carbocycles. The van der Waals surface area contributed by atoms with E-state index in [2.05, 4.69) is 47.5 Å². The first-order valence-corrected chi connectivity index (χ1v) is 10.8. The van der Waals surface area contributed by atoms with Gasteiger partial charge in [0, 0.05) is 25.2 Å². The second kappa shape index (κ2) is 9.13. The number of carbonyl (C=O) groups excluding carboxylic acids is 1. The van der Waals surface area contributed by atoms with E-state index >= 15 is 0 Å². The molecule has 4 heteroatoms. The summed E-state index contributed by atoms with van der Waals surface area (Å²) < 4.78 is 5.76. The summed E-state index contributed by atoms with van der Waals surface area (Å²) >= 11 is 0. The predicted octanol–water partition coefficient (Wildman–Crippen LogP) is 5.25. The van der Waals surface area contributed by atoms with Crippen molar-refractivity contribution in [2.24, 2.45) is 5.92 Å². The van der Waals surface area contributed by atoms with E-state index in [4.69, 9.17) is 4.74 Å². The minimum Gasteiger partial charge on any atom is -0.444 e. The number of ether oxygens (including phenoxy) is 1. The highest BCUT2D eigenvalue weighted by Crippen LogP contribution is 2.40. The van der Waals surface area contributed by atoms with Crippen LogP contribution in [0.15, 0.2) is 35.9 Å². The highest BCUT2D eigenvalue weighted by Gasteiger charge is 2.45. The fourth-order valence-electron chi connectivity index (χ4n) is 4.66. The van der Waals surface area contributed by atoms with Gasteiger partial charge in [0.05, 0.1) is 0 Å². The Balaban J connectivity index is 1.60. The molecular weight excluding hydrogens is 348 g/mol. The molecule has 3 atom stereocenters. The minimum absolute atomic E-state index is 0.134. The number of amides is 1. The number of rotatable bonds is 5. The van der Waals surface area contributed by atoms with Gasteiger partial charge in [0.15, 0.2) is 0 Å². The van der Waals surface area contributed by atoms with Gasteiger partial charge in [-0.25, -0.2) is 4.79 Å². The van der Waals surface area contributed by atoms with Crippen LogP contribution in [0, 0.1) is 5.92 Å². The number of nitrogens with zero attached hydrogens (tertiary/aromatic N) is 1. The summed E-state index contributed by atoms with van der Waals surface area (Å²) in [6.45, 7) is 9.66. The molecule has 1 saturated heterocycles. The Hall–Kier alpha value is -1.81. The van der Waals surface area contributed by atoms with E-state index in [1.807, 2.05) is 26.8 Å². The molecule has 1 aromatic carbocycles. The first kappa shape index (κ1) is 20.9. The Morgan fingerprint density at radius 1 is 1.21 bits per heavy atom. The van der Waals surface area contributed by atoms with Crippen molar-refractivity contribution in [3.8, 4) is 0 Å². The van der Waals surface area contributed by atoms with E-state index in [0.29, 0.717) is 12.0 Å². The molecule has 1 saturated carbocycles. The molecule has 2 fully saturated rings. The van der Waals surface area contributed by atoms with Gasteiger partial charge in [-0.05, 0) is 58.4 Å². The van der Waals surface area contributed by atoms with E-state index in [1.165, 1.54) is 30.4 Å². The number of likely N-dealkylation sites (tertiary alicyclic amines) is 1. The lowest BCUT2D eigenvalue weighted by atomic mass is 9.85. The van der Waals surface area contributed by atoms with E-state index in [1.54, 1.807) is 0 Å². The summed E-state index contributed by atoms with van der Waals surface area (Å²) in [5, 5.41) is 3.59. The van der Waals surface area contributed by atoms with Gasteiger partial charge in [-0.3, -0.25) is 0 Å². The van der Waals surface area contributed by atoms with Crippen molar-refractivity contribution in [2.75, 3.05) is 13.1 Å². The standard InChI is InChI=1S/C24H36N2O2/c1-18(14-19-10-6-5-7-11-19)16-25-17-21-15-20-12-8-9-13-22(20)26(21)23(27)28-24(2,3)4/h5-7,10-11,14,20-22,25H,8-9,12-13,15-17H2,1-4H3/b18-14+/t20-,21-,22-/m0/s1. The molecule has 28 heavy (non-hydrogen) atoms. The lowest BCUT2D eigenvalue weighted by Crippen LogP contribution is -2.48. The molecule has 3 rings (SSSR count). The number of fused-ring (bicyclic) bond motifs is 1. The normalized spacial score (nSPS) is 25.5. The molecule has 0 radical (unpaired) electrons. The molecule has 0 unspecified atom stereocenters. The summed E-state index contributed by atoms with van der Waals surface area (Å²) in [4.78, 5) is 15.0. The number of nitrogens with one attached hydrogen (secondary N) is 1. The summed E-state index contributed by atoms with van der Waals surface area (Å²) in [6.07, 6.45) is 8.05. The zero-order chi connectivity index (χ0) is 20.1. The third-order valence-corrected chi connectivity index (χ3v) is 5.80. The predicted molar refractivity (Wildman–Crippen MR) is 115 cm³/mol. The van der Waals surface area contributed by atoms with Gasteiger partial charge >= 0.3 is 6.09 Å². The Morgan fingerprint density at radius 2 is 1.93 bits per heavy atom. The van der Waals surface area contributed by atoms with E-state index in [9.17, 15) is 4.79 Å². The Bertz CT molecular complexity index is 678. The van der Waals surface area contributed by atoms with E-state index in [-0.39, 0.29) is 12.1 Å². The zero-order valence-corrected chi connectivity index (χ0v) is 17.9. The maximum Gasteiger partial charge on any atom is 0.410 e. The fraction of sp³-hybridized carbons (Fsp3) is 0.625. The first-order valence-electron chi connectivity index (χ1n) is 10.8. The van der Waals surface area contributed by atoms with Gasteiger partial charge in [0.2, 0.25) is 0 Å². The number of hydrogen-bond donors (Lipinski definition) is 1. The van der Waals surface area contributed by atoms with Crippen molar-refractivity contribution in [2.45, 2.75) is 77.5 Å². The van der Waals surface area contributed by atoms with Crippen LogP contribution >= 0.6 is 0 Å². The van der Waals surface area contributed by atoms with Crippen LogP contribution in [0.25, 0.3) is 6.08 Å². The van der Waals surface area contributed by atoms with Crippen molar-refractivity contribution >= 4 is 12.2 Å².